The van der Waals surface area contributed by atoms with Crippen molar-refractivity contribution in [3.05, 3.63) is 0 Å². The van der Waals surface area contributed by atoms with E-state index in [1.165, 1.54) is 25.9 Å². The summed E-state index contributed by atoms with van der Waals surface area (Å²) in [4.78, 5) is 14.3. The van der Waals surface area contributed by atoms with Crippen LogP contribution in [0.3, 0.4) is 0 Å². The zero-order chi connectivity index (χ0) is 12.8. The molecule has 6 heteroatoms. The van der Waals surface area contributed by atoms with Crippen molar-refractivity contribution < 1.29 is 4.79 Å². The number of nitrogens with one attached hydrogen (secondary N) is 2. The van der Waals surface area contributed by atoms with Crippen LogP contribution in [0.25, 0.3) is 0 Å². The van der Waals surface area contributed by atoms with Crippen molar-refractivity contribution in [3.8, 4) is 0 Å². The van der Waals surface area contributed by atoms with Crippen molar-refractivity contribution in [1.29, 1.82) is 0 Å². The third-order valence-corrected chi connectivity index (χ3v) is 4.36. The lowest BCUT2D eigenvalue weighted by Crippen LogP contribution is -2.41. The van der Waals surface area contributed by atoms with Crippen LogP contribution in [0.4, 0.5) is 0 Å². The lowest BCUT2D eigenvalue weighted by atomic mass is 9.93. The molecule has 0 aromatic rings. The van der Waals surface area contributed by atoms with Gasteiger partial charge in [-0.15, -0.1) is 24.8 Å². The number of carbonyl (C=O) groups is 1. The molecule has 20 heavy (non-hydrogen) atoms. The SMILES string of the molecule is CN1CCC(CCNC(=O)[C@@H]2CCCNC2)CC1.Cl.Cl. The van der Waals surface area contributed by atoms with Crippen molar-refractivity contribution in [2.24, 2.45) is 11.8 Å². The van der Waals surface area contributed by atoms with Crippen LogP contribution in [0.1, 0.15) is 32.1 Å². The van der Waals surface area contributed by atoms with Crippen molar-refractivity contribution in [3.63, 3.8) is 0 Å². The Balaban J connectivity index is 0.00000180. The molecule has 2 N–H and O–H groups in total. The molecule has 0 unspecified atom stereocenters. The third kappa shape index (κ3) is 6.61. The summed E-state index contributed by atoms with van der Waals surface area (Å²) in [7, 11) is 2.19. The standard InChI is InChI=1S/C14H27N3O.2ClH/c1-17-9-5-12(6-10-17)4-8-16-14(18)13-3-2-7-15-11-13;;/h12-13,15H,2-11H2,1H3,(H,16,18);2*1H/t13-;;/m1../s1. The van der Waals surface area contributed by atoms with Gasteiger partial charge in [0.1, 0.15) is 0 Å². The van der Waals surface area contributed by atoms with E-state index in [1.807, 2.05) is 0 Å². The van der Waals surface area contributed by atoms with E-state index in [0.717, 1.165) is 44.8 Å². The molecule has 2 fully saturated rings. The number of hydrogen-bond acceptors (Lipinski definition) is 3. The molecular formula is C14H29Cl2N3O. The summed E-state index contributed by atoms with van der Waals surface area (Å²) in [5.74, 6) is 1.28. The summed E-state index contributed by atoms with van der Waals surface area (Å²) in [6.07, 6.45) is 5.91. The van der Waals surface area contributed by atoms with E-state index in [9.17, 15) is 4.79 Å². The van der Waals surface area contributed by atoms with Crippen LogP contribution in [0.15, 0.2) is 0 Å². The highest BCUT2D eigenvalue weighted by Crippen LogP contribution is 2.18. The zero-order valence-corrected chi connectivity index (χ0v) is 14.0. The molecule has 0 aliphatic carbocycles. The minimum absolute atomic E-state index is 0. The first-order valence-electron chi connectivity index (χ1n) is 7.42. The van der Waals surface area contributed by atoms with Gasteiger partial charge < -0.3 is 15.5 Å². The Kier molecular flexibility index (Phi) is 10.6. The molecule has 0 aromatic heterocycles. The second-order valence-electron chi connectivity index (χ2n) is 5.87. The van der Waals surface area contributed by atoms with Crippen molar-refractivity contribution >= 4 is 30.7 Å². The fraction of sp³-hybridized carbons (Fsp3) is 0.929. The number of amides is 1. The van der Waals surface area contributed by atoms with Gasteiger partial charge in [-0.1, -0.05) is 0 Å². The minimum Gasteiger partial charge on any atom is -0.356 e. The predicted molar refractivity (Wildman–Crippen MR) is 87.9 cm³/mol. The molecule has 2 rings (SSSR count). The van der Waals surface area contributed by atoms with Gasteiger partial charge in [0.25, 0.3) is 0 Å². The lowest BCUT2D eigenvalue weighted by Gasteiger charge is -2.29. The quantitative estimate of drug-likeness (QED) is 0.826. The Morgan fingerprint density at radius 1 is 1.25 bits per heavy atom. The summed E-state index contributed by atoms with van der Waals surface area (Å²) in [5.41, 5.74) is 0. The maximum Gasteiger partial charge on any atom is 0.224 e. The van der Waals surface area contributed by atoms with E-state index < -0.39 is 0 Å². The highest BCUT2D eigenvalue weighted by atomic mass is 35.5. The summed E-state index contributed by atoms with van der Waals surface area (Å²) in [6, 6.07) is 0. The van der Waals surface area contributed by atoms with Crippen LogP contribution < -0.4 is 10.6 Å². The van der Waals surface area contributed by atoms with Gasteiger partial charge in [-0.2, -0.15) is 0 Å². The number of halogens is 2. The van der Waals surface area contributed by atoms with Crippen LogP contribution in [0.2, 0.25) is 0 Å². The van der Waals surface area contributed by atoms with E-state index >= 15 is 0 Å². The first kappa shape index (κ1) is 20.0. The van der Waals surface area contributed by atoms with Crippen molar-refractivity contribution in [2.75, 3.05) is 39.8 Å². The monoisotopic (exact) mass is 325 g/mol. The molecule has 2 aliphatic rings. The fourth-order valence-electron chi connectivity index (χ4n) is 2.97. The molecule has 0 saturated carbocycles. The number of hydrogen-bond donors (Lipinski definition) is 2. The Bertz CT molecular complexity index is 265. The van der Waals surface area contributed by atoms with Crippen LogP contribution in [0.5, 0.6) is 0 Å². The molecule has 120 valence electrons. The van der Waals surface area contributed by atoms with Gasteiger partial charge in [-0.3, -0.25) is 4.79 Å². The molecule has 2 aliphatic heterocycles. The smallest absolute Gasteiger partial charge is 0.224 e. The van der Waals surface area contributed by atoms with E-state index in [4.69, 9.17) is 0 Å². The van der Waals surface area contributed by atoms with E-state index in [-0.39, 0.29) is 36.6 Å². The fourth-order valence-corrected chi connectivity index (χ4v) is 2.97. The molecule has 1 atom stereocenters. The highest BCUT2D eigenvalue weighted by Gasteiger charge is 2.21. The molecule has 4 nitrogen and oxygen atoms in total. The number of rotatable bonds is 4. The average molecular weight is 326 g/mol. The predicted octanol–water partition coefficient (Wildman–Crippen LogP) is 1.68. The van der Waals surface area contributed by atoms with E-state index in [0.29, 0.717) is 0 Å². The molecule has 0 radical (unpaired) electrons. The maximum atomic E-state index is 11.9. The molecule has 1 amide bonds. The number of likely N-dealkylation sites (tertiary alicyclic amines) is 1. The van der Waals surface area contributed by atoms with Gasteiger partial charge >= 0.3 is 0 Å². The third-order valence-electron chi connectivity index (χ3n) is 4.36. The van der Waals surface area contributed by atoms with E-state index in [1.54, 1.807) is 0 Å². The van der Waals surface area contributed by atoms with Crippen LogP contribution >= 0.6 is 24.8 Å². The Morgan fingerprint density at radius 3 is 2.55 bits per heavy atom. The number of piperidine rings is 2. The summed E-state index contributed by atoms with van der Waals surface area (Å²) in [5, 5.41) is 6.41. The Labute approximate surface area is 135 Å². The highest BCUT2D eigenvalue weighted by molar-refractivity contribution is 5.85. The maximum absolute atomic E-state index is 11.9. The number of carbonyl (C=O) groups excluding carboxylic acids is 1. The summed E-state index contributed by atoms with van der Waals surface area (Å²) >= 11 is 0. The van der Waals surface area contributed by atoms with Crippen molar-refractivity contribution in [1.82, 2.24) is 15.5 Å². The molecule has 2 heterocycles. The second-order valence-corrected chi connectivity index (χ2v) is 5.87. The van der Waals surface area contributed by atoms with Gasteiger partial charge in [0.15, 0.2) is 0 Å². The van der Waals surface area contributed by atoms with Gasteiger partial charge in [0, 0.05) is 13.1 Å². The molecular weight excluding hydrogens is 297 g/mol. The molecule has 2 saturated heterocycles. The average Bonchev–Trinajstić information content (AvgIpc) is 2.42. The van der Waals surface area contributed by atoms with Gasteiger partial charge in [0.05, 0.1) is 5.92 Å². The summed E-state index contributed by atoms with van der Waals surface area (Å²) < 4.78 is 0. The largest absolute Gasteiger partial charge is 0.356 e. The first-order valence-corrected chi connectivity index (χ1v) is 7.42. The number of nitrogens with zero attached hydrogens (tertiary/aromatic N) is 1. The van der Waals surface area contributed by atoms with E-state index in [2.05, 4.69) is 22.6 Å². The Hall–Kier alpha value is -0.0300. The minimum atomic E-state index is 0. The van der Waals surface area contributed by atoms with Crippen LogP contribution in [-0.2, 0) is 4.79 Å². The molecule has 0 bridgehead atoms. The topological polar surface area (TPSA) is 44.4 Å². The van der Waals surface area contributed by atoms with Crippen LogP contribution in [0, 0.1) is 11.8 Å². The zero-order valence-electron chi connectivity index (χ0n) is 12.4. The molecule has 0 spiro atoms. The normalized spacial score (nSPS) is 24.4. The van der Waals surface area contributed by atoms with Crippen LogP contribution in [-0.4, -0.2) is 50.6 Å². The molecule has 0 aromatic carbocycles. The lowest BCUT2D eigenvalue weighted by molar-refractivity contribution is -0.125. The second kappa shape index (κ2) is 10.7. The Morgan fingerprint density at radius 2 is 1.95 bits per heavy atom. The van der Waals surface area contributed by atoms with Gasteiger partial charge in [0.2, 0.25) is 5.91 Å². The van der Waals surface area contributed by atoms with Crippen molar-refractivity contribution in [2.45, 2.75) is 32.1 Å². The van der Waals surface area contributed by atoms with Gasteiger partial charge in [-0.05, 0) is 64.7 Å². The van der Waals surface area contributed by atoms with Gasteiger partial charge in [-0.25, -0.2) is 0 Å². The first-order chi connectivity index (χ1) is 8.75. The summed E-state index contributed by atoms with van der Waals surface area (Å²) in [6.45, 7) is 5.22.